The number of nitrogens with zero attached hydrogens (tertiary/aromatic N) is 1. The summed E-state index contributed by atoms with van der Waals surface area (Å²) in [5.74, 6) is 1.10. The van der Waals surface area contributed by atoms with Crippen molar-refractivity contribution < 1.29 is 4.42 Å². The first-order valence-electron chi connectivity index (χ1n) is 7.07. The fourth-order valence-electron chi connectivity index (χ4n) is 1.97. The van der Waals surface area contributed by atoms with Crippen LogP contribution in [0.4, 0.5) is 0 Å². The molecule has 0 unspecified atom stereocenters. The third-order valence-electron chi connectivity index (χ3n) is 3.13. The maximum Gasteiger partial charge on any atom is 0.122 e. The Kier molecular flexibility index (Phi) is 6.44. The van der Waals surface area contributed by atoms with Crippen LogP contribution in [0, 0.1) is 0 Å². The van der Waals surface area contributed by atoms with Crippen molar-refractivity contribution in [1.29, 1.82) is 0 Å². The van der Waals surface area contributed by atoms with Crippen LogP contribution in [0.3, 0.4) is 0 Å². The average molecular weight is 252 g/mol. The number of nitrogens with one attached hydrogen (secondary N) is 1. The highest BCUT2D eigenvalue weighted by atomic mass is 16.3. The fraction of sp³-hybridized carbons (Fsp3) is 0.733. The molecule has 0 aromatic carbocycles. The molecule has 0 bridgehead atoms. The van der Waals surface area contributed by atoms with Gasteiger partial charge in [-0.1, -0.05) is 20.8 Å². The SMILES string of the molecule is CCCN(Cc1occc1CNC(C)C)C(C)C. The lowest BCUT2D eigenvalue weighted by molar-refractivity contribution is 0.196. The van der Waals surface area contributed by atoms with Gasteiger partial charge in [-0.15, -0.1) is 0 Å². The number of hydrogen-bond donors (Lipinski definition) is 1. The van der Waals surface area contributed by atoms with Crippen molar-refractivity contribution in [2.75, 3.05) is 6.54 Å². The minimum Gasteiger partial charge on any atom is -0.468 e. The van der Waals surface area contributed by atoms with Gasteiger partial charge in [-0.05, 0) is 32.9 Å². The van der Waals surface area contributed by atoms with E-state index in [0.717, 1.165) is 25.4 Å². The van der Waals surface area contributed by atoms with Gasteiger partial charge < -0.3 is 9.73 Å². The van der Waals surface area contributed by atoms with Gasteiger partial charge in [-0.25, -0.2) is 0 Å². The normalized spacial score (nSPS) is 12.0. The monoisotopic (exact) mass is 252 g/mol. The molecule has 0 spiro atoms. The Bertz CT molecular complexity index is 331. The highest BCUT2D eigenvalue weighted by Gasteiger charge is 2.14. The van der Waals surface area contributed by atoms with Crippen LogP contribution in [0.1, 0.15) is 52.4 Å². The van der Waals surface area contributed by atoms with Gasteiger partial charge in [0.05, 0.1) is 12.8 Å². The predicted molar refractivity (Wildman–Crippen MR) is 76.5 cm³/mol. The van der Waals surface area contributed by atoms with Gasteiger partial charge >= 0.3 is 0 Å². The molecule has 0 fully saturated rings. The molecule has 3 nitrogen and oxygen atoms in total. The minimum atomic E-state index is 0.504. The Morgan fingerprint density at radius 1 is 1.28 bits per heavy atom. The lowest BCUT2D eigenvalue weighted by atomic mass is 10.2. The van der Waals surface area contributed by atoms with E-state index in [2.05, 4.69) is 50.9 Å². The van der Waals surface area contributed by atoms with Crippen molar-refractivity contribution in [3.8, 4) is 0 Å². The van der Waals surface area contributed by atoms with Crippen molar-refractivity contribution in [3.05, 3.63) is 23.7 Å². The summed E-state index contributed by atoms with van der Waals surface area (Å²) in [7, 11) is 0. The second kappa shape index (κ2) is 7.59. The molecule has 1 N–H and O–H groups in total. The molecule has 1 rings (SSSR count). The molecule has 3 heteroatoms. The van der Waals surface area contributed by atoms with Crippen molar-refractivity contribution in [2.45, 2.75) is 66.2 Å². The minimum absolute atomic E-state index is 0.504. The van der Waals surface area contributed by atoms with Crippen molar-refractivity contribution >= 4 is 0 Å². The smallest absolute Gasteiger partial charge is 0.122 e. The second-order valence-electron chi connectivity index (χ2n) is 5.47. The molecule has 0 aliphatic heterocycles. The van der Waals surface area contributed by atoms with Crippen LogP contribution in [-0.2, 0) is 13.1 Å². The molecule has 104 valence electrons. The van der Waals surface area contributed by atoms with E-state index < -0.39 is 0 Å². The average Bonchev–Trinajstić information content (AvgIpc) is 2.73. The van der Waals surface area contributed by atoms with E-state index in [1.54, 1.807) is 6.26 Å². The van der Waals surface area contributed by atoms with Gasteiger partial charge in [0.15, 0.2) is 0 Å². The molecular weight excluding hydrogens is 224 g/mol. The van der Waals surface area contributed by atoms with Gasteiger partial charge in [0, 0.05) is 24.2 Å². The Morgan fingerprint density at radius 3 is 2.56 bits per heavy atom. The molecule has 0 radical (unpaired) electrons. The maximum atomic E-state index is 5.64. The van der Waals surface area contributed by atoms with Crippen LogP contribution in [0.15, 0.2) is 16.7 Å². The van der Waals surface area contributed by atoms with Crippen molar-refractivity contribution in [1.82, 2.24) is 10.2 Å². The molecular formula is C15H28N2O. The highest BCUT2D eigenvalue weighted by molar-refractivity contribution is 5.17. The van der Waals surface area contributed by atoms with Gasteiger partial charge in [0.1, 0.15) is 5.76 Å². The summed E-state index contributed by atoms with van der Waals surface area (Å²) in [4.78, 5) is 2.46. The van der Waals surface area contributed by atoms with E-state index in [1.165, 1.54) is 12.0 Å². The predicted octanol–water partition coefficient (Wildman–Crippen LogP) is 3.40. The zero-order valence-corrected chi connectivity index (χ0v) is 12.5. The molecule has 1 heterocycles. The van der Waals surface area contributed by atoms with E-state index in [9.17, 15) is 0 Å². The summed E-state index contributed by atoms with van der Waals surface area (Å²) >= 11 is 0. The van der Waals surface area contributed by atoms with E-state index in [4.69, 9.17) is 4.42 Å². The Hall–Kier alpha value is -0.800. The van der Waals surface area contributed by atoms with E-state index >= 15 is 0 Å². The Morgan fingerprint density at radius 2 is 2.00 bits per heavy atom. The van der Waals surface area contributed by atoms with Gasteiger partial charge in [-0.3, -0.25) is 4.90 Å². The molecule has 0 atom stereocenters. The molecule has 0 saturated carbocycles. The Labute approximate surface area is 112 Å². The molecule has 1 aromatic heterocycles. The summed E-state index contributed by atoms with van der Waals surface area (Å²) in [6.45, 7) is 14.0. The van der Waals surface area contributed by atoms with E-state index in [-0.39, 0.29) is 0 Å². The fourth-order valence-corrected chi connectivity index (χ4v) is 1.97. The standard InChI is InChI=1S/C15H28N2O/c1-6-8-17(13(4)5)11-15-14(7-9-18-15)10-16-12(2)3/h7,9,12-13,16H,6,8,10-11H2,1-5H3. The summed E-state index contributed by atoms with van der Waals surface area (Å²) < 4.78 is 5.64. The highest BCUT2D eigenvalue weighted by Crippen LogP contribution is 2.15. The van der Waals surface area contributed by atoms with Crippen LogP contribution < -0.4 is 5.32 Å². The van der Waals surface area contributed by atoms with Crippen LogP contribution in [0.25, 0.3) is 0 Å². The summed E-state index contributed by atoms with van der Waals surface area (Å²) in [5, 5.41) is 3.44. The molecule has 0 amide bonds. The third-order valence-corrected chi connectivity index (χ3v) is 3.13. The quantitative estimate of drug-likeness (QED) is 0.768. The summed E-state index contributed by atoms with van der Waals surface area (Å²) in [6.07, 6.45) is 2.98. The van der Waals surface area contributed by atoms with Crippen LogP contribution in [-0.4, -0.2) is 23.5 Å². The number of rotatable bonds is 8. The molecule has 0 aliphatic carbocycles. The van der Waals surface area contributed by atoms with Gasteiger partial charge in [0.2, 0.25) is 0 Å². The third kappa shape index (κ3) is 4.83. The molecule has 0 saturated heterocycles. The maximum absolute atomic E-state index is 5.64. The first-order chi connectivity index (χ1) is 8.54. The van der Waals surface area contributed by atoms with E-state index in [0.29, 0.717) is 12.1 Å². The van der Waals surface area contributed by atoms with Crippen LogP contribution in [0.5, 0.6) is 0 Å². The summed E-state index contributed by atoms with van der Waals surface area (Å²) in [5.41, 5.74) is 1.28. The zero-order chi connectivity index (χ0) is 13.5. The van der Waals surface area contributed by atoms with Crippen molar-refractivity contribution in [3.63, 3.8) is 0 Å². The lowest BCUT2D eigenvalue weighted by Crippen LogP contribution is -2.31. The summed E-state index contributed by atoms with van der Waals surface area (Å²) in [6, 6.07) is 3.14. The van der Waals surface area contributed by atoms with Crippen molar-refractivity contribution in [2.24, 2.45) is 0 Å². The largest absolute Gasteiger partial charge is 0.468 e. The van der Waals surface area contributed by atoms with E-state index in [1.807, 2.05) is 0 Å². The molecule has 1 aromatic rings. The first-order valence-corrected chi connectivity index (χ1v) is 7.07. The van der Waals surface area contributed by atoms with Gasteiger partial charge in [-0.2, -0.15) is 0 Å². The first kappa shape index (κ1) is 15.3. The van der Waals surface area contributed by atoms with Crippen LogP contribution in [0.2, 0.25) is 0 Å². The molecule has 0 aliphatic rings. The van der Waals surface area contributed by atoms with Crippen LogP contribution >= 0.6 is 0 Å². The number of hydrogen-bond acceptors (Lipinski definition) is 3. The second-order valence-corrected chi connectivity index (χ2v) is 5.47. The lowest BCUT2D eigenvalue weighted by Gasteiger charge is -2.25. The van der Waals surface area contributed by atoms with Gasteiger partial charge in [0.25, 0.3) is 0 Å². The zero-order valence-electron chi connectivity index (χ0n) is 12.5. The molecule has 18 heavy (non-hydrogen) atoms. The topological polar surface area (TPSA) is 28.4 Å². The Balaban J connectivity index is 2.62. The number of furan rings is 1.